The Labute approximate surface area is 105 Å². The van der Waals surface area contributed by atoms with E-state index in [1.807, 2.05) is 26.4 Å². The van der Waals surface area contributed by atoms with Crippen LogP contribution in [0.25, 0.3) is 0 Å². The minimum Gasteiger partial charge on any atom is -0.374 e. The Balaban J connectivity index is 2.76. The zero-order valence-corrected chi connectivity index (χ0v) is 11.4. The molecule has 0 amide bonds. The molecule has 0 aliphatic heterocycles. The first-order valence-electron chi connectivity index (χ1n) is 6.36. The fourth-order valence-electron chi connectivity index (χ4n) is 2.16. The summed E-state index contributed by atoms with van der Waals surface area (Å²) in [5.74, 6) is 0. The molecule has 0 aromatic carbocycles. The molecule has 0 aliphatic carbocycles. The summed E-state index contributed by atoms with van der Waals surface area (Å²) >= 11 is 0. The van der Waals surface area contributed by atoms with Crippen LogP contribution in [0.4, 0.5) is 0 Å². The van der Waals surface area contributed by atoms with E-state index < -0.39 is 0 Å². The molecule has 0 saturated carbocycles. The summed E-state index contributed by atoms with van der Waals surface area (Å²) in [5, 5.41) is 3.38. The second-order valence-electron chi connectivity index (χ2n) is 4.50. The van der Waals surface area contributed by atoms with Gasteiger partial charge in [0, 0.05) is 25.0 Å². The maximum absolute atomic E-state index is 5.93. The van der Waals surface area contributed by atoms with Crippen LogP contribution >= 0.6 is 0 Å². The molecule has 1 aromatic heterocycles. The van der Waals surface area contributed by atoms with E-state index in [9.17, 15) is 0 Å². The maximum Gasteiger partial charge on any atom is 0.0807 e. The quantitative estimate of drug-likeness (QED) is 0.789. The van der Waals surface area contributed by atoms with Gasteiger partial charge < -0.3 is 10.1 Å². The standard InChI is InChI=1S/C14H24N2O/c1-5-14(3,17-6-2)13(15-4)11-12-7-9-16-10-8-12/h7-10,13,15H,5-6,11H2,1-4H3. The van der Waals surface area contributed by atoms with E-state index in [0.29, 0.717) is 6.04 Å². The third-order valence-electron chi connectivity index (χ3n) is 3.45. The monoisotopic (exact) mass is 236 g/mol. The molecule has 0 saturated heterocycles. The van der Waals surface area contributed by atoms with Crippen LogP contribution in [0.5, 0.6) is 0 Å². The topological polar surface area (TPSA) is 34.1 Å². The lowest BCUT2D eigenvalue weighted by atomic mass is 9.88. The van der Waals surface area contributed by atoms with Gasteiger partial charge in [0.15, 0.2) is 0 Å². The highest BCUT2D eigenvalue weighted by Crippen LogP contribution is 2.22. The molecule has 0 bridgehead atoms. The minimum absolute atomic E-state index is 0.118. The van der Waals surface area contributed by atoms with Gasteiger partial charge in [0.1, 0.15) is 0 Å². The molecule has 1 N–H and O–H groups in total. The molecular formula is C14H24N2O. The van der Waals surface area contributed by atoms with Crippen molar-refractivity contribution in [2.24, 2.45) is 0 Å². The van der Waals surface area contributed by atoms with E-state index in [-0.39, 0.29) is 5.60 Å². The van der Waals surface area contributed by atoms with Crippen molar-refractivity contribution in [3.63, 3.8) is 0 Å². The van der Waals surface area contributed by atoms with Crippen molar-refractivity contribution in [3.05, 3.63) is 30.1 Å². The normalized spacial score (nSPS) is 16.5. The molecule has 0 radical (unpaired) electrons. The smallest absolute Gasteiger partial charge is 0.0807 e. The summed E-state index contributed by atoms with van der Waals surface area (Å²) in [6, 6.07) is 4.44. The van der Waals surface area contributed by atoms with Crippen molar-refractivity contribution in [1.29, 1.82) is 0 Å². The molecule has 17 heavy (non-hydrogen) atoms. The lowest BCUT2D eigenvalue weighted by Gasteiger charge is -2.36. The zero-order chi connectivity index (χ0) is 12.7. The van der Waals surface area contributed by atoms with Crippen LogP contribution in [0.15, 0.2) is 24.5 Å². The second-order valence-corrected chi connectivity index (χ2v) is 4.50. The Hall–Kier alpha value is -0.930. The number of likely N-dealkylation sites (N-methyl/N-ethyl adjacent to an activating group) is 1. The van der Waals surface area contributed by atoms with Gasteiger partial charge >= 0.3 is 0 Å². The van der Waals surface area contributed by atoms with Gasteiger partial charge in [-0.25, -0.2) is 0 Å². The van der Waals surface area contributed by atoms with Crippen molar-refractivity contribution in [3.8, 4) is 0 Å². The number of ether oxygens (including phenoxy) is 1. The molecular weight excluding hydrogens is 212 g/mol. The van der Waals surface area contributed by atoms with Crippen LogP contribution in [0.1, 0.15) is 32.8 Å². The molecule has 3 nitrogen and oxygen atoms in total. The Bertz CT molecular complexity index is 315. The summed E-state index contributed by atoms with van der Waals surface area (Å²) in [6.07, 6.45) is 5.64. The van der Waals surface area contributed by atoms with Crippen molar-refractivity contribution in [2.45, 2.75) is 45.3 Å². The number of nitrogens with zero attached hydrogens (tertiary/aromatic N) is 1. The van der Waals surface area contributed by atoms with Crippen molar-refractivity contribution in [1.82, 2.24) is 10.3 Å². The fourth-order valence-corrected chi connectivity index (χ4v) is 2.16. The minimum atomic E-state index is -0.118. The molecule has 2 atom stereocenters. The van der Waals surface area contributed by atoms with E-state index in [1.54, 1.807) is 0 Å². The van der Waals surface area contributed by atoms with Crippen molar-refractivity contribution < 1.29 is 4.74 Å². The molecule has 1 aromatic rings. The lowest BCUT2D eigenvalue weighted by molar-refractivity contribution is -0.0534. The highest BCUT2D eigenvalue weighted by Gasteiger charge is 2.32. The van der Waals surface area contributed by atoms with Gasteiger partial charge in [-0.1, -0.05) is 6.92 Å². The summed E-state index contributed by atoms with van der Waals surface area (Å²) in [4.78, 5) is 4.05. The largest absolute Gasteiger partial charge is 0.374 e. The lowest BCUT2D eigenvalue weighted by Crippen LogP contribution is -2.50. The second kappa shape index (κ2) is 6.72. The predicted octanol–water partition coefficient (Wildman–Crippen LogP) is 2.42. The summed E-state index contributed by atoms with van der Waals surface area (Å²) < 4.78 is 5.93. The Morgan fingerprint density at radius 1 is 1.35 bits per heavy atom. The summed E-state index contributed by atoms with van der Waals surface area (Å²) in [5.41, 5.74) is 1.17. The Kier molecular flexibility index (Phi) is 5.59. The molecule has 1 heterocycles. The number of rotatable bonds is 7. The molecule has 0 fully saturated rings. The number of hydrogen-bond donors (Lipinski definition) is 1. The Morgan fingerprint density at radius 2 is 2.00 bits per heavy atom. The third-order valence-corrected chi connectivity index (χ3v) is 3.45. The number of aromatic nitrogens is 1. The van der Waals surface area contributed by atoms with Crippen LogP contribution < -0.4 is 5.32 Å². The SMILES string of the molecule is CCOC(C)(CC)C(Cc1ccncc1)NC. The van der Waals surface area contributed by atoms with Crippen LogP contribution in [-0.2, 0) is 11.2 Å². The van der Waals surface area contributed by atoms with E-state index >= 15 is 0 Å². The summed E-state index contributed by atoms with van der Waals surface area (Å²) in [7, 11) is 2.00. The van der Waals surface area contributed by atoms with Gasteiger partial charge in [-0.15, -0.1) is 0 Å². The molecule has 2 unspecified atom stereocenters. The number of hydrogen-bond acceptors (Lipinski definition) is 3. The predicted molar refractivity (Wildman–Crippen MR) is 71.1 cm³/mol. The van der Waals surface area contributed by atoms with E-state index in [0.717, 1.165) is 19.4 Å². The van der Waals surface area contributed by atoms with Gasteiger partial charge in [-0.2, -0.15) is 0 Å². The maximum atomic E-state index is 5.93. The van der Waals surface area contributed by atoms with Crippen molar-refractivity contribution in [2.75, 3.05) is 13.7 Å². The third kappa shape index (κ3) is 3.79. The van der Waals surface area contributed by atoms with Crippen LogP contribution in [0.2, 0.25) is 0 Å². The molecule has 96 valence electrons. The van der Waals surface area contributed by atoms with Crippen LogP contribution in [-0.4, -0.2) is 30.3 Å². The first-order valence-corrected chi connectivity index (χ1v) is 6.36. The molecule has 3 heteroatoms. The summed E-state index contributed by atoms with van der Waals surface area (Å²) in [6.45, 7) is 7.15. The van der Waals surface area contributed by atoms with Gasteiger partial charge in [0.05, 0.1) is 5.60 Å². The fraction of sp³-hybridized carbons (Fsp3) is 0.643. The van der Waals surface area contributed by atoms with Gasteiger partial charge in [-0.3, -0.25) is 4.98 Å². The van der Waals surface area contributed by atoms with Gasteiger partial charge in [-0.05, 0) is 51.4 Å². The van der Waals surface area contributed by atoms with E-state index in [1.165, 1.54) is 5.56 Å². The first kappa shape index (κ1) is 14.1. The average molecular weight is 236 g/mol. The highest BCUT2D eigenvalue weighted by molar-refractivity contribution is 5.13. The van der Waals surface area contributed by atoms with Crippen LogP contribution in [0.3, 0.4) is 0 Å². The zero-order valence-electron chi connectivity index (χ0n) is 11.4. The number of nitrogens with one attached hydrogen (secondary N) is 1. The molecule has 0 spiro atoms. The average Bonchev–Trinajstić information content (AvgIpc) is 2.37. The first-order chi connectivity index (χ1) is 8.16. The van der Waals surface area contributed by atoms with Gasteiger partial charge in [0.25, 0.3) is 0 Å². The van der Waals surface area contributed by atoms with Crippen LogP contribution in [0, 0.1) is 0 Å². The van der Waals surface area contributed by atoms with Crippen molar-refractivity contribution >= 4 is 0 Å². The number of pyridine rings is 1. The van der Waals surface area contributed by atoms with Gasteiger partial charge in [0.2, 0.25) is 0 Å². The molecule has 0 aliphatic rings. The van der Waals surface area contributed by atoms with E-state index in [2.05, 4.69) is 36.3 Å². The highest BCUT2D eigenvalue weighted by atomic mass is 16.5. The van der Waals surface area contributed by atoms with E-state index in [4.69, 9.17) is 4.74 Å². The Morgan fingerprint density at radius 3 is 2.47 bits per heavy atom. The molecule has 1 rings (SSSR count).